The molecule has 92 valence electrons. The normalized spacial score (nSPS) is 12.8. The zero-order chi connectivity index (χ0) is 12.5. The average molecular weight is 234 g/mol. The molecular formula is C14H18O3. The molecule has 0 aliphatic rings. The van der Waals surface area contributed by atoms with Gasteiger partial charge >= 0.3 is 0 Å². The van der Waals surface area contributed by atoms with Crippen LogP contribution in [0.3, 0.4) is 0 Å². The van der Waals surface area contributed by atoms with Crippen molar-refractivity contribution in [1.29, 1.82) is 0 Å². The fourth-order valence-corrected chi connectivity index (χ4v) is 1.35. The second-order valence-corrected chi connectivity index (χ2v) is 3.90. The Bertz CT molecular complexity index is 357. The molecule has 3 heteroatoms. The van der Waals surface area contributed by atoms with E-state index in [1.54, 1.807) is 6.08 Å². The first kappa shape index (κ1) is 13.6. The largest absolute Gasteiger partial charge is 0.390 e. The number of benzene rings is 1. The molecule has 1 atom stereocenters. The summed E-state index contributed by atoms with van der Waals surface area (Å²) in [6.45, 7) is 2.25. The molecule has 1 aromatic rings. The fourth-order valence-electron chi connectivity index (χ4n) is 1.35. The smallest absolute Gasteiger partial charge is 0.152 e. The molecule has 1 N–H and O–H groups in total. The predicted molar refractivity (Wildman–Crippen MR) is 66.5 cm³/mol. The van der Waals surface area contributed by atoms with E-state index in [1.165, 1.54) is 13.0 Å². The maximum atomic E-state index is 10.6. The number of ketones is 1. The second kappa shape index (κ2) is 7.76. The van der Waals surface area contributed by atoms with E-state index in [-0.39, 0.29) is 12.4 Å². The van der Waals surface area contributed by atoms with Gasteiger partial charge in [0.15, 0.2) is 5.78 Å². The Morgan fingerprint density at radius 1 is 1.41 bits per heavy atom. The molecule has 3 nitrogen and oxygen atoms in total. The lowest BCUT2D eigenvalue weighted by molar-refractivity contribution is -0.112. The molecule has 0 amide bonds. The van der Waals surface area contributed by atoms with Crippen LogP contribution in [-0.2, 0) is 16.1 Å². The number of aliphatic hydroxyl groups excluding tert-OH is 1. The van der Waals surface area contributed by atoms with Gasteiger partial charge < -0.3 is 9.84 Å². The summed E-state index contributed by atoms with van der Waals surface area (Å²) in [7, 11) is 0. The van der Waals surface area contributed by atoms with E-state index >= 15 is 0 Å². The number of aliphatic hydroxyl groups is 1. The SMILES string of the molecule is CC(=O)C=CCC(O)COCc1ccccc1. The summed E-state index contributed by atoms with van der Waals surface area (Å²) in [6.07, 6.45) is 3.00. The molecule has 1 rings (SSSR count). The maximum Gasteiger partial charge on any atom is 0.152 e. The minimum Gasteiger partial charge on any atom is -0.390 e. The van der Waals surface area contributed by atoms with Gasteiger partial charge in [-0.2, -0.15) is 0 Å². The number of rotatable bonds is 7. The highest BCUT2D eigenvalue weighted by molar-refractivity contribution is 5.87. The monoisotopic (exact) mass is 234 g/mol. The van der Waals surface area contributed by atoms with Crippen LogP contribution in [0.15, 0.2) is 42.5 Å². The van der Waals surface area contributed by atoms with Crippen LogP contribution in [0.5, 0.6) is 0 Å². The molecule has 0 aliphatic carbocycles. The van der Waals surface area contributed by atoms with Gasteiger partial charge in [0, 0.05) is 0 Å². The lowest BCUT2D eigenvalue weighted by Gasteiger charge is -2.08. The number of ether oxygens (including phenoxy) is 1. The Labute approximate surface area is 102 Å². The van der Waals surface area contributed by atoms with Gasteiger partial charge in [0.1, 0.15) is 0 Å². The van der Waals surface area contributed by atoms with Crippen molar-refractivity contribution in [3.05, 3.63) is 48.0 Å². The standard InChI is InChI=1S/C14H18O3/c1-12(15)6-5-9-14(16)11-17-10-13-7-3-2-4-8-13/h2-8,14,16H,9-11H2,1H3. The summed E-state index contributed by atoms with van der Waals surface area (Å²) in [5.74, 6) is -0.0117. The zero-order valence-electron chi connectivity index (χ0n) is 10.0. The van der Waals surface area contributed by atoms with Gasteiger partial charge in [-0.05, 0) is 25.0 Å². The number of hydrogen-bond donors (Lipinski definition) is 1. The Kier molecular flexibility index (Phi) is 6.22. The highest BCUT2D eigenvalue weighted by atomic mass is 16.5. The van der Waals surface area contributed by atoms with Crippen molar-refractivity contribution in [3.8, 4) is 0 Å². The lowest BCUT2D eigenvalue weighted by atomic mass is 10.2. The van der Waals surface area contributed by atoms with Crippen LogP contribution in [0.2, 0.25) is 0 Å². The third-order valence-corrected chi connectivity index (χ3v) is 2.18. The van der Waals surface area contributed by atoms with E-state index in [9.17, 15) is 9.90 Å². The van der Waals surface area contributed by atoms with Gasteiger partial charge in [-0.25, -0.2) is 0 Å². The molecule has 0 spiro atoms. The van der Waals surface area contributed by atoms with Crippen molar-refractivity contribution in [3.63, 3.8) is 0 Å². The van der Waals surface area contributed by atoms with Gasteiger partial charge in [-0.3, -0.25) is 4.79 Å². The summed E-state index contributed by atoms with van der Waals surface area (Å²) in [6, 6.07) is 9.80. The minimum absolute atomic E-state index is 0.0117. The van der Waals surface area contributed by atoms with E-state index in [1.807, 2.05) is 30.3 Å². The van der Waals surface area contributed by atoms with Gasteiger partial charge in [0.05, 0.1) is 19.3 Å². The highest BCUT2D eigenvalue weighted by Crippen LogP contribution is 2.02. The van der Waals surface area contributed by atoms with Gasteiger partial charge in [-0.1, -0.05) is 36.4 Å². The molecule has 0 heterocycles. The molecular weight excluding hydrogens is 216 g/mol. The van der Waals surface area contributed by atoms with Crippen LogP contribution in [0.25, 0.3) is 0 Å². The number of allylic oxidation sites excluding steroid dienone is 1. The van der Waals surface area contributed by atoms with E-state index in [0.717, 1.165) is 5.56 Å². The maximum absolute atomic E-state index is 10.6. The Morgan fingerprint density at radius 2 is 2.12 bits per heavy atom. The lowest BCUT2D eigenvalue weighted by Crippen LogP contribution is -2.14. The predicted octanol–water partition coefficient (Wildman–Crippen LogP) is 2.10. The van der Waals surface area contributed by atoms with Crippen molar-refractivity contribution in [1.82, 2.24) is 0 Å². The molecule has 17 heavy (non-hydrogen) atoms. The van der Waals surface area contributed by atoms with Crippen molar-refractivity contribution in [2.24, 2.45) is 0 Å². The number of carbonyl (C=O) groups excluding carboxylic acids is 1. The van der Waals surface area contributed by atoms with Crippen LogP contribution in [0.1, 0.15) is 18.9 Å². The molecule has 1 unspecified atom stereocenters. The summed E-state index contributed by atoms with van der Waals surface area (Å²) in [4.78, 5) is 10.6. The Hall–Kier alpha value is -1.45. The van der Waals surface area contributed by atoms with Crippen molar-refractivity contribution in [2.75, 3.05) is 6.61 Å². The van der Waals surface area contributed by atoms with Crippen LogP contribution in [0.4, 0.5) is 0 Å². The average Bonchev–Trinajstić information content (AvgIpc) is 2.30. The van der Waals surface area contributed by atoms with Crippen molar-refractivity contribution >= 4 is 5.78 Å². The van der Waals surface area contributed by atoms with Crippen LogP contribution >= 0.6 is 0 Å². The Morgan fingerprint density at radius 3 is 2.76 bits per heavy atom. The van der Waals surface area contributed by atoms with Gasteiger partial charge in [0.25, 0.3) is 0 Å². The molecule has 0 saturated heterocycles. The molecule has 0 fully saturated rings. The fraction of sp³-hybridized carbons (Fsp3) is 0.357. The van der Waals surface area contributed by atoms with E-state index in [4.69, 9.17) is 4.74 Å². The summed E-state index contributed by atoms with van der Waals surface area (Å²) < 4.78 is 5.37. The first-order chi connectivity index (χ1) is 8.18. The van der Waals surface area contributed by atoms with Crippen molar-refractivity contribution < 1.29 is 14.6 Å². The summed E-state index contributed by atoms with van der Waals surface area (Å²) in [5.41, 5.74) is 1.08. The summed E-state index contributed by atoms with van der Waals surface area (Å²) in [5, 5.41) is 9.55. The first-order valence-corrected chi connectivity index (χ1v) is 5.65. The molecule has 0 aromatic heterocycles. The second-order valence-electron chi connectivity index (χ2n) is 3.90. The number of hydrogen-bond acceptors (Lipinski definition) is 3. The van der Waals surface area contributed by atoms with E-state index < -0.39 is 6.10 Å². The third-order valence-electron chi connectivity index (χ3n) is 2.18. The third kappa shape index (κ3) is 6.66. The Balaban J connectivity index is 2.16. The van der Waals surface area contributed by atoms with Crippen LogP contribution < -0.4 is 0 Å². The number of carbonyl (C=O) groups is 1. The molecule has 0 aliphatic heterocycles. The molecule has 0 saturated carbocycles. The topological polar surface area (TPSA) is 46.5 Å². The summed E-state index contributed by atoms with van der Waals surface area (Å²) >= 11 is 0. The van der Waals surface area contributed by atoms with E-state index in [0.29, 0.717) is 13.0 Å². The molecule has 0 bridgehead atoms. The first-order valence-electron chi connectivity index (χ1n) is 5.65. The quantitative estimate of drug-likeness (QED) is 0.735. The van der Waals surface area contributed by atoms with Crippen LogP contribution in [-0.4, -0.2) is 23.6 Å². The zero-order valence-corrected chi connectivity index (χ0v) is 10.0. The van der Waals surface area contributed by atoms with Crippen molar-refractivity contribution in [2.45, 2.75) is 26.1 Å². The van der Waals surface area contributed by atoms with Crippen LogP contribution in [0, 0.1) is 0 Å². The molecule has 1 aromatic carbocycles. The van der Waals surface area contributed by atoms with Gasteiger partial charge in [0.2, 0.25) is 0 Å². The van der Waals surface area contributed by atoms with Gasteiger partial charge in [-0.15, -0.1) is 0 Å². The van der Waals surface area contributed by atoms with E-state index in [2.05, 4.69) is 0 Å². The molecule has 0 radical (unpaired) electrons. The minimum atomic E-state index is -0.561. The highest BCUT2D eigenvalue weighted by Gasteiger charge is 2.02.